The van der Waals surface area contributed by atoms with Gasteiger partial charge in [0, 0.05) is 19.6 Å². The molecular weight excluding hydrogens is 459 g/mol. The van der Waals surface area contributed by atoms with Crippen molar-refractivity contribution in [3.05, 3.63) is 0 Å². The Morgan fingerprint density at radius 2 is 1.74 bits per heavy atom. The molecule has 0 radical (unpaired) electrons. The number of hydrogen-bond acceptors (Lipinski definition) is 4. The summed E-state index contributed by atoms with van der Waals surface area (Å²) in [6.45, 7) is 14.6. The first-order valence-electron chi connectivity index (χ1n) is 9.87. The summed E-state index contributed by atoms with van der Waals surface area (Å²) < 4.78 is 5.43. The number of likely N-dealkylation sites (tertiary alicyclic amines) is 1. The fraction of sp³-hybridized carbons (Fsp3) is 0.895. The lowest BCUT2D eigenvalue weighted by Crippen LogP contribution is -2.53. The Balaban J connectivity index is 0.00000676. The van der Waals surface area contributed by atoms with Gasteiger partial charge in [0.05, 0.1) is 18.2 Å². The summed E-state index contributed by atoms with van der Waals surface area (Å²) in [6, 6.07) is 0. The SMILES string of the molecule is CCNC(=NCC(CC)(CC)NC(=O)OC(C)(C)C)N1CCC(O)CC1.I. The number of carbonyl (C=O) groups excluding carboxylic acids is 1. The molecule has 1 aliphatic rings. The Kier molecular flexibility index (Phi) is 11.6. The van der Waals surface area contributed by atoms with Crippen molar-refractivity contribution in [3.8, 4) is 0 Å². The zero-order valence-corrected chi connectivity index (χ0v) is 20.1. The van der Waals surface area contributed by atoms with Crippen LogP contribution in [0.2, 0.25) is 0 Å². The highest BCUT2D eigenvalue weighted by atomic mass is 127. The van der Waals surface area contributed by atoms with E-state index in [1.54, 1.807) is 0 Å². The highest BCUT2D eigenvalue weighted by Crippen LogP contribution is 2.18. The molecule has 160 valence electrons. The van der Waals surface area contributed by atoms with Crippen molar-refractivity contribution in [2.75, 3.05) is 26.2 Å². The smallest absolute Gasteiger partial charge is 0.408 e. The van der Waals surface area contributed by atoms with Gasteiger partial charge in [0.25, 0.3) is 0 Å². The monoisotopic (exact) mass is 498 g/mol. The molecule has 8 heteroatoms. The Morgan fingerprint density at radius 3 is 2.19 bits per heavy atom. The van der Waals surface area contributed by atoms with Crippen LogP contribution >= 0.6 is 24.0 Å². The van der Waals surface area contributed by atoms with Crippen LogP contribution in [0.1, 0.15) is 67.2 Å². The molecule has 0 spiro atoms. The molecule has 0 saturated carbocycles. The molecule has 0 aromatic rings. The van der Waals surface area contributed by atoms with Crippen LogP contribution in [0.15, 0.2) is 4.99 Å². The van der Waals surface area contributed by atoms with Gasteiger partial charge in [-0.25, -0.2) is 4.79 Å². The fourth-order valence-electron chi connectivity index (χ4n) is 2.94. The van der Waals surface area contributed by atoms with E-state index >= 15 is 0 Å². The molecule has 0 aliphatic carbocycles. The molecule has 7 nitrogen and oxygen atoms in total. The van der Waals surface area contributed by atoms with Crippen LogP contribution in [0.4, 0.5) is 4.79 Å². The van der Waals surface area contributed by atoms with Gasteiger partial charge >= 0.3 is 6.09 Å². The van der Waals surface area contributed by atoms with Crippen LogP contribution in [-0.4, -0.2) is 65.5 Å². The number of aliphatic hydroxyl groups excluding tert-OH is 1. The third-order valence-electron chi connectivity index (χ3n) is 4.75. The number of ether oxygens (including phenoxy) is 1. The van der Waals surface area contributed by atoms with E-state index in [4.69, 9.17) is 9.73 Å². The molecule has 1 amide bonds. The average Bonchev–Trinajstić information content (AvgIpc) is 2.56. The van der Waals surface area contributed by atoms with Gasteiger partial charge in [0.2, 0.25) is 0 Å². The standard InChI is InChI=1S/C19H38N4O3.HI/c1-7-19(8-2,22-17(25)26-18(4,5)6)14-21-16(20-9-3)23-12-10-15(24)11-13-23;/h15,24H,7-14H2,1-6H3,(H,20,21)(H,22,25);1H. The van der Waals surface area contributed by atoms with E-state index in [9.17, 15) is 9.90 Å². The first-order chi connectivity index (χ1) is 12.1. The van der Waals surface area contributed by atoms with Gasteiger partial charge in [-0.05, 0) is 53.4 Å². The number of alkyl carbamates (subject to hydrolysis) is 1. The highest BCUT2D eigenvalue weighted by molar-refractivity contribution is 14.0. The van der Waals surface area contributed by atoms with Crippen molar-refractivity contribution < 1.29 is 14.6 Å². The number of nitrogens with zero attached hydrogens (tertiary/aromatic N) is 2. The summed E-state index contributed by atoms with van der Waals surface area (Å²) in [5.74, 6) is 0.844. The first-order valence-corrected chi connectivity index (χ1v) is 9.87. The molecule has 0 unspecified atom stereocenters. The van der Waals surface area contributed by atoms with Crippen molar-refractivity contribution in [1.82, 2.24) is 15.5 Å². The van der Waals surface area contributed by atoms with Gasteiger partial charge < -0.3 is 25.4 Å². The molecule has 0 atom stereocenters. The Hall–Kier alpha value is -0.770. The maximum Gasteiger partial charge on any atom is 0.408 e. The van der Waals surface area contributed by atoms with Crippen LogP contribution in [0, 0.1) is 0 Å². The second-order valence-electron chi connectivity index (χ2n) is 8.00. The van der Waals surface area contributed by atoms with Crippen LogP contribution in [0.3, 0.4) is 0 Å². The third kappa shape index (κ3) is 9.32. The predicted octanol–water partition coefficient (Wildman–Crippen LogP) is 3.11. The number of nitrogens with one attached hydrogen (secondary N) is 2. The quantitative estimate of drug-likeness (QED) is 0.298. The fourth-order valence-corrected chi connectivity index (χ4v) is 2.94. The molecule has 0 bridgehead atoms. The van der Waals surface area contributed by atoms with E-state index in [-0.39, 0.29) is 30.1 Å². The predicted molar refractivity (Wildman–Crippen MR) is 121 cm³/mol. The molecule has 0 aromatic heterocycles. The summed E-state index contributed by atoms with van der Waals surface area (Å²) >= 11 is 0. The van der Waals surface area contributed by atoms with Gasteiger partial charge in [-0.15, -0.1) is 24.0 Å². The normalized spacial score (nSPS) is 16.6. The third-order valence-corrected chi connectivity index (χ3v) is 4.75. The lowest BCUT2D eigenvalue weighted by atomic mass is 9.93. The zero-order chi connectivity index (χ0) is 19.8. The molecule has 1 heterocycles. The van der Waals surface area contributed by atoms with Crippen LogP contribution < -0.4 is 10.6 Å². The molecule has 1 rings (SSSR count). The molecule has 27 heavy (non-hydrogen) atoms. The lowest BCUT2D eigenvalue weighted by Gasteiger charge is -2.35. The van der Waals surface area contributed by atoms with Gasteiger partial charge in [-0.2, -0.15) is 0 Å². The van der Waals surface area contributed by atoms with E-state index in [0.29, 0.717) is 6.54 Å². The molecular formula is C19H39IN4O3. The summed E-state index contributed by atoms with van der Waals surface area (Å²) in [5, 5.41) is 16.1. The minimum atomic E-state index is -0.524. The maximum absolute atomic E-state index is 12.3. The Labute approximate surface area is 181 Å². The van der Waals surface area contributed by atoms with Crippen molar-refractivity contribution >= 4 is 36.0 Å². The number of hydrogen-bond donors (Lipinski definition) is 3. The topological polar surface area (TPSA) is 86.2 Å². The van der Waals surface area contributed by atoms with Gasteiger partial charge in [-0.1, -0.05) is 13.8 Å². The number of carbonyl (C=O) groups is 1. The first kappa shape index (κ1) is 26.2. The summed E-state index contributed by atoms with van der Waals surface area (Å²) in [5.41, 5.74) is -0.956. The molecule has 3 N–H and O–H groups in total. The average molecular weight is 498 g/mol. The molecule has 1 fully saturated rings. The summed E-state index contributed by atoms with van der Waals surface area (Å²) in [7, 11) is 0. The van der Waals surface area contributed by atoms with Crippen LogP contribution in [-0.2, 0) is 4.74 Å². The second kappa shape index (κ2) is 11.9. The van der Waals surface area contributed by atoms with Gasteiger partial charge in [-0.3, -0.25) is 4.99 Å². The van der Waals surface area contributed by atoms with Gasteiger partial charge in [0.1, 0.15) is 5.60 Å². The minimum Gasteiger partial charge on any atom is -0.444 e. The van der Waals surface area contributed by atoms with Crippen molar-refractivity contribution in [2.24, 2.45) is 4.99 Å². The van der Waals surface area contributed by atoms with Crippen molar-refractivity contribution in [1.29, 1.82) is 0 Å². The minimum absolute atomic E-state index is 0. The number of aliphatic imine (C=N–C) groups is 1. The largest absolute Gasteiger partial charge is 0.444 e. The van der Waals surface area contributed by atoms with Crippen LogP contribution in [0.5, 0.6) is 0 Å². The van der Waals surface area contributed by atoms with Gasteiger partial charge in [0.15, 0.2) is 5.96 Å². The van der Waals surface area contributed by atoms with E-state index in [1.165, 1.54) is 0 Å². The van der Waals surface area contributed by atoms with E-state index in [2.05, 4.69) is 29.4 Å². The maximum atomic E-state index is 12.3. The number of rotatable bonds is 6. The summed E-state index contributed by atoms with van der Waals surface area (Å²) in [4.78, 5) is 19.3. The molecule has 1 saturated heterocycles. The zero-order valence-electron chi connectivity index (χ0n) is 17.8. The number of halogens is 1. The number of amides is 1. The van der Waals surface area contributed by atoms with Crippen molar-refractivity contribution in [3.63, 3.8) is 0 Å². The Bertz CT molecular complexity index is 468. The van der Waals surface area contributed by atoms with E-state index in [1.807, 2.05) is 27.7 Å². The second-order valence-corrected chi connectivity index (χ2v) is 8.00. The number of guanidine groups is 1. The van der Waals surface area contributed by atoms with E-state index < -0.39 is 17.2 Å². The number of piperidine rings is 1. The Morgan fingerprint density at radius 1 is 1.19 bits per heavy atom. The van der Waals surface area contributed by atoms with Crippen molar-refractivity contribution in [2.45, 2.75) is 84.5 Å². The number of aliphatic hydroxyl groups is 1. The molecule has 1 aliphatic heterocycles. The van der Waals surface area contributed by atoms with Crippen LogP contribution in [0.25, 0.3) is 0 Å². The highest BCUT2D eigenvalue weighted by Gasteiger charge is 2.31. The van der Waals surface area contributed by atoms with E-state index in [0.717, 1.165) is 51.3 Å². The lowest BCUT2D eigenvalue weighted by molar-refractivity contribution is 0.0451. The molecule has 0 aromatic carbocycles. The summed E-state index contributed by atoms with van der Waals surface area (Å²) in [6.07, 6.45) is 2.44.